The van der Waals surface area contributed by atoms with Crippen molar-refractivity contribution in [1.29, 1.82) is 0 Å². The molecular weight excluding hydrogens is 328 g/mol. The number of fused-ring (bicyclic) bond motifs is 1. The number of allylic oxidation sites excluding steroid dienone is 1. The predicted molar refractivity (Wildman–Crippen MR) is 98.3 cm³/mol. The van der Waals surface area contributed by atoms with Crippen LogP contribution in [0.25, 0.3) is 6.08 Å². The first kappa shape index (κ1) is 16.6. The van der Waals surface area contributed by atoms with E-state index in [1.807, 2.05) is 31.2 Å². The smallest absolute Gasteiger partial charge is 0.314 e. The SMILES string of the molecule is CCc1ccc(/C=C2\Oc3cc(OC(=O)C4CC4)cc(C)c3C2=O)cc1. The van der Waals surface area contributed by atoms with Gasteiger partial charge in [0, 0.05) is 6.07 Å². The lowest BCUT2D eigenvalue weighted by atomic mass is 10.0. The van der Waals surface area contributed by atoms with Gasteiger partial charge in [0.25, 0.3) is 0 Å². The van der Waals surface area contributed by atoms with E-state index < -0.39 is 0 Å². The molecule has 26 heavy (non-hydrogen) atoms. The van der Waals surface area contributed by atoms with Crippen LogP contribution in [0, 0.1) is 12.8 Å². The summed E-state index contributed by atoms with van der Waals surface area (Å²) in [5, 5.41) is 0. The number of Topliss-reactive ketones (excluding diaryl/α,β-unsaturated/α-hetero) is 1. The number of hydrogen-bond acceptors (Lipinski definition) is 4. The molecule has 0 bridgehead atoms. The Balaban J connectivity index is 1.60. The maximum absolute atomic E-state index is 12.7. The Morgan fingerprint density at radius 3 is 2.62 bits per heavy atom. The third kappa shape index (κ3) is 3.15. The summed E-state index contributed by atoms with van der Waals surface area (Å²) in [7, 11) is 0. The molecule has 1 aliphatic carbocycles. The third-order valence-corrected chi connectivity index (χ3v) is 4.76. The number of aryl methyl sites for hydroxylation is 2. The third-order valence-electron chi connectivity index (χ3n) is 4.76. The molecule has 4 nitrogen and oxygen atoms in total. The first-order valence-corrected chi connectivity index (χ1v) is 8.94. The summed E-state index contributed by atoms with van der Waals surface area (Å²) in [6.45, 7) is 3.93. The van der Waals surface area contributed by atoms with Gasteiger partial charge in [0.05, 0.1) is 11.5 Å². The molecule has 1 aliphatic heterocycles. The second-order valence-corrected chi connectivity index (χ2v) is 6.84. The molecule has 1 saturated carbocycles. The van der Waals surface area contributed by atoms with Crippen molar-refractivity contribution in [3.63, 3.8) is 0 Å². The first-order chi connectivity index (χ1) is 12.5. The molecule has 0 amide bonds. The molecule has 0 saturated heterocycles. The van der Waals surface area contributed by atoms with Gasteiger partial charge in [0.2, 0.25) is 5.78 Å². The number of hydrogen-bond donors (Lipinski definition) is 0. The Bertz CT molecular complexity index is 918. The molecular formula is C22H20O4. The number of benzene rings is 2. The van der Waals surface area contributed by atoms with E-state index >= 15 is 0 Å². The standard InChI is InChI=1S/C22H20O4/c1-3-14-4-6-15(7-5-14)11-19-21(23)20-13(2)10-17(12-18(20)26-19)25-22(24)16-8-9-16/h4-7,10-12,16H,3,8-9H2,1-2H3/b19-11-. The molecule has 0 N–H and O–H groups in total. The molecule has 132 valence electrons. The Morgan fingerprint density at radius 1 is 1.23 bits per heavy atom. The van der Waals surface area contributed by atoms with Crippen molar-refractivity contribution in [2.75, 3.05) is 0 Å². The second kappa shape index (κ2) is 6.45. The van der Waals surface area contributed by atoms with Crippen molar-refractivity contribution < 1.29 is 19.1 Å². The summed E-state index contributed by atoms with van der Waals surface area (Å²) in [6.07, 6.45) is 4.50. The average Bonchev–Trinajstić information content (AvgIpc) is 3.42. The van der Waals surface area contributed by atoms with E-state index in [1.54, 1.807) is 18.2 Å². The summed E-state index contributed by atoms with van der Waals surface area (Å²) >= 11 is 0. The van der Waals surface area contributed by atoms with Crippen LogP contribution < -0.4 is 9.47 Å². The van der Waals surface area contributed by atoms with E-state index in [1.165, 1.54) is 5.56 Å². The summed E-state index contributed by atoms with van der Waals surface area (Å²) in [4.78, 5) is 24.6. The molecule has 4 heteroatoms. The molecule has 4 rings (SSSR count). The van der Waals surface area contributed by atoms with Crippen LogP contribution in [-0.2, 0) is 11.2 Å². The van der Waals surface area contributed by atoms with Gasteiger partial charge in [-0.2, -0.15) is 0 Å². The fraction of sp³-hybridized carbons (Fsp3) is 0.273. The van der Waals surface area contributed by atoms with Crippen LogP contribution in [-0.4, -0.2) is 11.8 Å². The fourth-order valence-electron chi connectivity index (χ4n) is 3.06. The zero-order valence-corrected chi connectivity index (χ0v) is 14.9. The quantitative estimate of drug-likeness (QED) is 0.464. The molecule has 2 aromatic rings. The van der Waals surface area contributed by atoms with Crippen LogP contribution in [0.5, 0.6) is 11.5 Å². The van der Waals surface area contributed by atoms with Crippen LogP contribution >= 0.6 is 0 Å². The molecule has 0 unspecified atom stereocenters. The maximum atomic E-state index is 12.7. The fourth-order valence-corrected chi connectivity index (χ4v) is 3.06. The van der Waals surface area contributed by atoms with Gasteiger partial charge in [-0.05, 0) is 55.0 Å². The van der Waals surface area contributed by atoms with Gasteiger partial charge in [-0.1, -0.05) is 31.2 Å². The van der Waals surface area contributed by atoms with E-state index in [0.717, 1.165) is 30.4 Å². The molecule has 2 aromatic carbocycles. The number of esters is 1. The van der Waals surface area contributed by atoms with Gasteiger partial charge in [-0.25, -0.2) is 0 Å². The van der Waals surface area contributed by atoms with E-state index in [-0.39, 0.29) is 23.4 Å². The molecule has 1 heterocycles. The highest BCUT2D eigenvalue weighted by atomic mass is 16.5. The normalized spacial score (nSPS) is 17.2. The summed E-state index contributed by atoms with van der Waals surface area (Å²) in [5.74, 6) is 0.841. The highest BCUT2D eigenvalue weighted by molar-refractivity contribution is 6.15. The van der Waals surface area contributed by atoms with E-state index in [0.29, 0.717) is 17.1 Å². The van der Waals surface area contributed by atoms with Crippen molar-refractivity contribution in [2.45, 2.75) is 33.1 Å². The van der Waals surface area contributed by atoms with Crippen molar-refractivity contribution in [2.24, 2.45) is 5.92 Å². The zero-order chi connectivity index (χ0) is 18.3. The lowest BCUT2D eigenvalue weighted by Crippen LogP contribution is -2.10. The molecule has 0 aromatic heterocycles. The van der Waals surface area contributed by atoms with Gasteiger partial charge in [0.1, 0.15) is 11.5 Å². The van der Waals surface area contributed by atoms with Crippen molar-refractivity contribution in [1.82, 2.24) is 0 Å². The second-order valence-electron chi connectivity index (χ2n) is 6.84. The first-order valence-electron chi connectivity index (χ1n) is 8.94. The van der Waals surface area contributed by atoms with Crippen LogP contribution in [0.2, 0.25) is 0 Å². The van der Waals surface area contributed by atoms with Crippen LogP contribution in [0.3, 0.4) is 0 Å². The predicted octanol–water partition coefficient (Wildman–Crippen LogP) is 4.49. The Hall–Kier alpha value is -2.88. The summed E-state index contributed by atoms with van der Waals surface area (Å²) in [6, 6.07) is 11.4. The summed E-state index contributed by atoms with van der Waals surface area (Å²) in [5.41, 5.74) is 3.44. The number of ether oxygens (including phenoxy) is 2. The lowest BCUT2D eigenvalue weighted by Gasteiger charge is -2.07. The van der Waals surface area contributed by atoms with Crippen molar-refractivity contribution in [3.8, 4) is 11.5 Å². The Morgan fingerprint density at radius 2 is 1.96 bits per heavy atom. The Kier molecular flexibility index (Phi) is 4.11. The van der Waals surface area contributed by atoms with Crippen molar-refractivity contribution in [3.05, 3.63) is 64.4 Å². The zero-order valence-electron chi connectivity index (χ0n) is 14.9. The number of carbonyl (C=O) groups excluding carboxylic acids is 2. The van der Waals surface area contributed by atoms with E-state index in [9.17, 15) is 9.59 Å². The van der Waals surface area contributed by atoms with Crippen LogP contribution in [0.4, 0.5) is 0 Å². The topological polar surface area (TPSA) is 52.6 Å². The average molecular weight is 348 g/mol. The number of ketones is 1. The monoisotopic (exact) mass is 348 g/mol. The van der Waals surface area contributed by atoms with Gasteiger partial charge in [-0.3, -0.25) is 9.59 Å². The molecule has 2 aliphatic rings. The lowest BCUT2D eigenvalue weighted by molar-refractivity contribution is -0.135. The highest BCUT2D eigenvalue weighted by Crippen LogP contribution is 2.38. The summed E-state index contributed by atoms with van der Waals surface area (Å²) < 4.78 is 11.2. The molecule has 1 fully saturated rings. The van der Waals surface area contributed by atoms with Crippen LogP contribution in [0.15, 0.2) is 42.2 Å². The van der Waals surface area contributed by atoms with Crippen molar-refractivity contribution >= 4 is 17.8 Å². The highest BCUT2D eigenvalue weighted by Gasteiger charge is 2.33. The van der Waals surface area contributed by atoms with E-state index in [2.05, 4.69) is 6.92 Å². The maximum Gasteiger partial charge on any atom is 0.314 e. The molecule has 0 radical (unpaired) electrons. The van der Waals surface area contributed by atoms with Gasteiger partial charge >= 0.3 is 5.97 Å². The Labute approximate surface area is 152 Å². The molecule has 0 atom stereocenters. The number of carbonyl (C=O) groups is 2. The minimum absolute atomic E-state index is 0.0210. The van der Waals surface area contributed by atoms with Gasteiger partial charge < -0.3 is 9.47 Å². The van der Waals surface area contributed by atoms with Gasteiger partial charge in [0.15, 0.2) is 5.76 Å². The van der Waals surface area contributed by atoms with Gasteiger partial charge in [-0.15, -0.1) is 0 Å². The largest absolute Gasteiger partial charge is 0.452 e. The minimum Gasteiger partial charge on any atom is -0.452 e. The van der Waals surface area contributed by atoms with E-state index in [4.69, 9.17) is 9.47 Å². The number of rotatable bonds is 4. The molecule has 0 spiro atoms. The minimum atomic E-state index is -0.208. The van der Waals surface area contributed by atoms with Crippen LogP contribution in [0.1, 0.15) is 46.8 Å².